The van der Waals surface area contributed by atoms with Crippen molar-refractivity contribution in [1.29, 1.82) is 0 Å². The van der Waals surface area contributed by atoms with Crippen molar-refractivity contribution >= 4 is 23.5 Å². The predicted octanol–water partition coefficient (Wildman–Crippen LogP) is 4.86. The Kier molecular flexibility index (Phi) is 9.93. The Morgan fingerprint density at radius 3 is 1.88 bits per heavy atom. The number of aliphatic hydroxyl groups excluding tert-OH is 2. The summed E-state index contributed by atoms with van der Waals surface area (Å²) in [6.07, 6.45) is -1.05. The van der Waals surface area contributed by atoms with Crippen LogP contribution in [0, 0.1) is 0 Å². The number of hydrogen-bond acceptors (Lipinski definition) is 9. The first-order valence-electron chi connectivity index (χ1n) is 15.3. The molecule has 0 spiro atoms. The number of carbonyl (C=O) groups excluding carboxylic acids is 1. The summed E-state index contributed by atoms with van der Waals surface area (Å²) in [5.41, 5.74) is 1.11. The van der Waals surface area contributed by atoms with Gasteiger partial charge < -0.3 is 29.7 Å². The molecule has 0 saturated carbocycles. The molecule has 2 heterocycles. The van der Waals surface area contributed by atoms with Crippen LogP contribution in [0.3, 0.4) is 0 Å². The first kappa shape index (κ1) is 33.0. The molecule has 5 aromatic rings. The van der Waals surface area contributed by atoms with Gasteiger partial charge in [0.05, 0.1) is 32.2 Å². The highest BCUT2D eigenvalue weighted by Gasteiger charge is 2.46. The molecule has 4 atom stereocenters. The van der Waals surface area contributed by atoms with E-state index >= 15 is 0 Å². The number of amides is 1. The number of thioether (sulfide) groups is 1. The zero-order valence-electron chi connectivity index (χ0n) is 26.3. The zero-order valence-corrected chi connectivity index (χ0v) is 27.1. The third kappa shape index (κ3) is 6.58. The van der Waals surface area contributed by atoms with Gasteiger partial charge in [0.15, 0.2) is 0 Å². The van der Waals surface area contributed by atoms with Crippen LogP contribution in [0.1, 0.15) is 32.4 Å². The van der Waals surface area contributed by atoms with E-state index in [9.17, 15) is 19.8 Å². The maximum Gasteiger partial charge on any atom is 0.350 e. The fraction of sp³-hybridized carbons (Fsp3) is 0.216. The van der Waals surface area contributed by atoms with Crippen LogP contribution in [-0.2, 0) is 10.3 Å². The van der Waals surface area contributed by atoms with Crippen LogP contribution < -0.4 is 20.5 Å². The molecule has 0 unspecified atom stereocenters. The van der Waals surface area contributed by atoms with Gasteiger partial charge in [-0.3, -0.25) is 9.36 Å². The standard InChI is InChI=1S/C37H35N3O7S/c1-45-28-17-13-26(14-18-28)37(25-11-7-4-8-12-25,27-15-19-29(46-2)20-16-27)47-23-30-32(41)33(42)35(48-30)40-22-21-31(39-36(40)44)38-34(43)24-9-5-3-6-10-24/h3-22,30,32-33,35,41-42H,23H2,1-2H3,(H,38,39,43,44)/t30-,32-,33-,35-/m1/s1. The number of rotatable bonds is 11. The Bertz CT molecular complexity index is 1840. The maximum atomic E-state index is 13.1. The number of methoxy groups -OCH3 is 2. The molecule has 246 valence electrons. The number of carbonyl (C=O) groups is 1. The number of aromatic nitrogens is 2. The van der Waals surface area contributed by atoms with Crippen molar-refractivity contribution in [2.45, 2.75) is 28.4 Å². The Morgan fingerprint density at radius 2 is 1.33 bits per heavy atom. The average Bonchev–Trinajstić information content (AvgIpc) is 3.42. The molecule has 6 rings (SSSR count). The Labute approximate surface area is 282 Å². The highest BCUT2D eigenvalue weighted by molar-refractivity contribution is 8.00. The Balaban J connectivity index is 1.29. The van der Waals surface area contributed by atoms with Gasteiger partial charge in [0.1, 0.15) is 34.4 Å². The summed E-state index contributed by atoms with van der Waals surface area (Å²) in [6.45, 7) is 0.0136. The van der Waals surface area contributed by atoms with Gasteiger partial charge in [0.25, 0.3) is 5.91 Å². The van der Waals surface area contributed by atoms with Crippen LogP contribution in [0.5, 0.6) is 11.5 Å². The minimum Gasteiger partial charge on any atom is -0.497 e. The molecule has 1 saturated heterocycles. The molecule has 0 bridgehead atoms. The van der Waals surface area contributed by atoms with Crippen LogP contribution in [-0.4, -0.2) is 64.0 Å². The van der Waals surface area contributed by atoms with Gasteiger partial charge in [-0.2, -0.15) is 4.98 Å². The van der Waals surface area contributed by atoms with Gasteiger partial charge in [-0.25, -0.2) is 4.79 Å². The van der Waals surface area contributed by atoms with Crippen molar-refractivity contribution in [1.82, 2.24) is 9.55 Å². The first-order valence-corrected chi connectivity index (χ1v) is 16.2. The minimum absolute atomic E-state index is 0.0136. The van der Waals surface area contributed by atoms with E-state index in [1.807, 2.05) is 78.9 Å². The molecule has 4 aromatic carbocycles. The van der Waals surface area contributed by atoms with E-state index in [0.29, 0.717) is 17.1 Å². The molecule has 1 fully saturated rings. The molecule has 1 amide bonds. The highest BCUT2D eigenvalue weighted by atomic mass is 32.2. The average molecular weight is 666 g/mol. The zero-order chi connectivity index (χ0) is 33.7. The quantitative estimate of drug-likeness (QED) is 0.169. The number of aliphatic hydroxyl groups is 2. The van der Waals surface area contributed by atoms with Gasteiger partial charge >= 0.3 is 5.69 Å². The lowest BCUT2D eigenvalue weighted by Gasteiger charge is -2.37. The number of anilines is 1. The van der Waals surface area contributed by atoms with Gasteiger partial charge in [0.2, 0.25) is 0 Å². The van der Waals surface area contributed by atoms with Crippen molar-refractivity contribution < 1.29 is 29.2 Å². The number of ether oxygens (including phenoxy) is 3. The molecular weight excluding hydrogens is 630 g/mol. The summed E-state index contributed by atoms with van der Waals surface area (Å²) < 4.78 is 19.0. The van der Waals surface area contributed by atoms with Gasteiger partial charge in [-0.15, -0.1) is 11.8 Å². The van der Waals surface area contributed by atoms with E-state index in [1.165, 1.54) is 28.6 Å². The molecule has 0 aliphatic carbocycles. The Hall–Kier alpha value is -4.94. The van der Waals surface area contributed by atoms with Gasteiger partial charge in [0, 0.05) is 11.8 Å². The predicted molar refractivity (Wildman–Crippen MR) is 184 cm³/mol. The maximum absolute atomic E-state index is 13.1. The number of benzene rings is 4. The smallest absolute Gasteiger partial charge is 0.350 e. The van der Waals surface area contributed by atoms with E-state index in [1.54, 1.807) is 44.6 Å². The van der Waals surface area contributed by atoms with E-state index < -0.39 is 40.0 Å². The molecule has 48 heavy (non-hydrogen) atoms. The second kappa shape index (κ2) is 14.4. The number of nitrogens with zero attached hydrogens (tertiary/aromatic N) is 2. The molecule has 1 aliphatic heterocycles. The third-order valence-corrected chi connectivity index (χ3v) is 9.91. The molecule has 0 radical (unpaired) electrons. The van der Waals surface area contributed by atoms with E-state index in [-0.39, 0.29) is 12.4 Å². The molecule has 3 N–H and O–H groups in total. The lowest BCUT2D eigenvalue weighted by Crippen LogP contribution is -2.39. The lowest BCUT2D eigenvalue weighted by molar-refractivity contribution is -0.0273. The Morgan fingerprint density at radius 1 is 0.792 bits per heavy atom. The normalized spacial score (nSPS) is 19.1. The van der Waals surface area contributed by atoms with Crippen molar-refractivity contribution in [3.05, 3.63) is 154 Å². The fourth-order valence-electron chi connectivity index (χ4n) is 5.83. The molecular formula is C37H35N3O7S. The summed E-state index contributed by atoms with van der Waals surface area (Å²) in [5.74, 6) is 1.05. The second-order valence-electron chi connectivity index (χ2n) is 11.2. The molecule has 10 nitrogen and oxygen atoms in total. The van der Waals surface area contributed by atoms with Gasteiger partial charge in [-0.1, -0.05) is 72.8 Å². The van der Waals surface area contributed by atoms with Crippen molar-refractivity contribution in [3.63, 3.8) is 0 Å². The topological polar surface area (TPSA) is 132 Å². The summed E-state index contributed by atoms with van der Waals surface area (Å²) in [4.78, 5) is 29.7. The second-order valence-corrected chi connectivity index (χ2v) is 12.5. The van der Waals surface area contributed by atoms with Crippen molar-refractivity contribution in [2.24, 2.45) is 0 Å². The van der Waals surface area contributed by atoms with Crippen LogP contribution in [0.25, 0.3) is 0 Å². The molecule has 1 aliphatic rings. The van der Waals surface area contributed by atoms with Crippen molar-refractivity contribution in [2.75, 3.05) is 26.1 Å². The van der Waals surface area contributed by atoms with Crippen LogP contribution in [0.15, 0.2) is 126 Å². The first-order chi connectivity index (χ1) is 23.3. The number of nitrogens with one attached hydrogen (secondary N) is 1. The third-order valence-electron chi connectivity index (χ3n) is 8.36. The number of hydrogen-bond donors (Lipinski definition) is 3. The summed E-state index contributed by atoms with van der Waals surface area (Å²) >= 11 is 1.22. The summed E-state index contributed by atoms with van der Waals surface area (Å²) in [7, 11) is 3.21. The van der Waals surface area contributed by atoms with Crippen LogP contribution in [0.2, 0.25) is 0 Å². The van der Waals surface area contributed by atoms with E-state index in [2.05, 4.69) is 10.3 Å². The van der Waals surface area contributed by atoms with Crippen molar-refractivity contribution in [3.8, 4) is 11.5 Å². The van der Waals surface area contributed by atoms with Crippen LogP contribution >= 0.6 is 11.8 Å². The molecule has 11 heteroatoms. The van der Waals surface area contributed by atoms with Crippen LogP contribution in [0.4, 0.5) is 5.82 Å². The molecule has 1 aromatic heterocycles. The fourth-order valence-corrected chi connectivity index (χ4v) is 7.27. The largest absolute Gasteiger partial charge is 0.497 e. The summed E-state index contributed by atoms with van der Waals surface area (Å²) in [5, 5.41) is 23.6. The SMILES string of the molecule is COc1ccc(C(OC[C@H]2S[C@@H](n3ccc(NC(=O)c4ccccc4)nc3=O)[C@H](O)[C@@H]2O)(c2ccccc2)c2ccc(OC)cc2)cc1. The van der Waals surface area contributed by atoms with E-state index in [4.69, 9.17) is 14.2 Å². The van der Waals surface area contributed by atoms with E-state index in [0.717, 1.165) is 16.7 Å². The van der Waals surface area contributed by atoms with Gasteiger partial charge in [-0.05, 0) is 59.2 Å². The lowest BCUT2D eigenvalue weighted by atomic mass is 9.80. The monoisotopic (exact) mass is 665 g/mol. The minimum atomic E-state index is -1.29. The highest BCUT2D eigenvalue weighted by Crippen LogP contribution is 2.45. The summed E-state index contributed by atoms with van der Waals surface area (Å²) in [6, 6.07) is 35.0.